The molecule has 0 radical (unpaired) electrons. The van der Waals surface area contributed by atoms with Gasteiger partial charge in [-0.25, -0.2) is 0 Å². The highest BCUT2D eigenvalue weighted by Gasteiger charge is 2.17. The van der Waals surface area contributed by atoms with Crippen molar-refractivity contribution in [3.8, 4) is 0 Å². The molecule has 0 atom stereocenters. The molecule has 0 N–H and O–H groups in total. The van der Waals surface area contributed by atoms with E-state index in [1.165, 1.54) is 48.8 Å². The van der Waals surface area contributed by atoms with Gasteiger partial charge in [0.2, 0.25) is 0 Å². The van der Waals surface area contributed by atoms with E-state index in [4.69, 9.17) is 0 Å². The van der Waals surface area contributed by atoms with Crippen LogP contribution in [0.5, 0.6) is 0 Å². The lowest BCUT2D eigenvalue weighted by molar-refractivity contribution is 0.442. The van der Waals surface area contributed by atoms with Gasteiger partial charge in [0, 0.05) is 0 Å². The number of hydrogen-bond acceptors (Lipinski definition) is 0. The Morgan fingerprint density at radius 2 is 1.60 bits per heavy atom. The zero-order valence-corrected chi connectivity index (χ0v) is 10.3. The van der Waals surface area contributed by atoms with E-state index in [0.717, 1.165) is 5.92 Å². The first kappa shape index (κ1) is 10.7. The monoisotopic (exact) mass is 202 g/mol. The van der Waals surface area contributed by atoms with Crippen molar-refractivity contribution < 1.29 is 0 Å². The van der Waals surface area contributed by atoms with Crippen LogP contribution in [0.2, 0.25) is 0 Å². The summed E-state index contributed by atoms with van der Waals surface area (Å²) in [6.07, 6.45) is 7.11. The highest BCUT2D eigenvalue weighted by atomic mass is 14.2. The Balaban J connectivity index is 2.33. The summed E-state index contributed by atoms with van der Waals surface area (Å²) in [4.78, 5) is 0. The van der Waals surface area contributed by atoms with E-state index in [-0.39, 0.29) is 0 Å². The van der Waals surface area contributed by atoms with E-state index < -0.39 is 0 Å². The fraction of sp³-hybridized carbons (Fsp3) is 0.600. The Morgan fingerprint density at radius 3 is 2.27 bits per heavy atom. The number of benzene rings is 1. The predicted octanol–water partition coefficient (Wildman–Crippen LogP) is 4.66. The van der Waals surface area contributed by atoms with Crippen LogP contribution in [-0.2, 0) is 0 Å². The van der Waals surface area contributed by atoms with Gasteiger partial charge in [-0.15, -0.1) is 0 Å². The zero-order chi connectivity index (χ0) is 10.8. The van der Waals surface area contributed by atoms with Crippen LogP contribution in [0.3, 0.4) is 0 Å². The van der Waals surface area contributed by atoms with Crippen molar-refractivity contribution in [2.45, 2.75) is 58.8 Å². The average Bonchev–Trinajstić information content (AvgIpc) is 2.24. The van der Waals surface area contributed by atoms with Gasteiger partial charge >= 0.3 is 0 Å². The molecule has 0 nitrogen and oxygen atoms in total. The first-order valence-electron chi connectivity index (χ1n) is 6.26. The number of rotatable bonds is 1. The van der Waals surface area contributed by atoms with E-state index in [0.29, 0.717) is 0 Å². The predicted molar refractivity (Wildman–Crippen MR) is 66.5 cm³/mol. The van der Waals surface area contributed by atoms with E-state index in [1.807, 2.05) is 0 Å². The molecule has 15 heavy (non-hydrogen) atoms. The fourth-order valence-corrected chi connectivity index (χ4v) is 2.91. The Bertz CT molecular complexity index is 343. The molecule has 0 bridgehead atoms. The van der Waals surface area contributed by atoms with Crippen molar-refractivity contribution in [1.29, 1.82) is 0 Å². The van der Waals surface area contributed by atoms with Gasteiger partial charge in [-0.2, -0.15) is 0 Å². The molecule has 82 valence electrons. The molecule has 0 spiro atoms. The van der Waals surface area contributed by atoms with E-state index in [2.05, 4.69) is 32.9 Å². The molecule has 0 amide bonds. The first-order chi connectivity index (χ1) is 7.18. The maximum absolute atomic E-state index is 2.42. The molecule has 1 fully saturated rings. The van der Waals surface area contributed by atoms with Crippen molar-refractivity contribution in [2.24, 2.45) is 0 Å². The summed E-state index contributed by atoms with van der Waals surface area (Å²) in [5.41, 5.74) is 6.06. The molecule has 0 aromatic heterocycles. The van der Waals surface area contributed by atoms with Crippen molar-refractivity contribution in [3.05, 3.63) is 34.4 Å². The van der Waals surface area contributed by atoms with E-state index in [9.17, 15) is 0 Å². The van der Waals surface area contributed by atoms with Gasteiger partial charge in [0.25, 0.3) is 0 Å². The van der Waals surface area contributed by atoms with Crippen LogP contribution < -0.4 is 0 Å². The lowest BCUT2D eigenvalue weighted by Gasteiger charge is -2.24. The minimum absolute atomic E-state index is 0.845. The minimum atomic E-state index is 0.845. The van der Waals surface area contributed by atoms with Crippen LogP contribution in [0.4, 0.5) is 0 Å². The standard InChI is InChI=1S/C15H22/c1-11-9-12(2)13(3)15(10-11)14-7-5-4-6-8-14/h9-10,14H,4-8H2,1-3H3. The van der Waals surface area contributed by atoms with Gasteiger partial charge in [-0.3, -0.25) is 0 Å². The van der Waals surface area contributed by atoms with Crippen LogP contribution in [0.1, 0.15) is 60.3 Å². The highest BCUT2D eigenvalue weighted by molar-refractivity contribution is 5.39. The largest absolute Gasteiger partial charge is 0.0561 e. The number of aryl methyl sites for hydroxylation is 2. The second-order valence-corrected chi connectivity index (χ2v) is 5.13. The van der Waals surface area contributed by atoms with Crippen molar-refractivity contribution in [1.82, 2.24) is 0 Å². The maximum atomic E-state index is 2.42. The molecule has 0 saturated heterocycles. The van der Waals surface area contributed by atoms with Crippen LogP contribution in [0.15, 0.2) is 12.1 Å². The summed E-state index contributed by atoms with van der Waals surface area (Å²) in [6, 6.07) is 4.72. The van der Waals surface area contributed by atoms with Gasteiger partial charge in [0.1, 0.15) is 0 Å². The highest BCUT2D eigenvalue weighted by Crippen LogP contribution is 2.35. The molecule has 2 rings (SSSR count). The Morgan fingerprint density at radius 1 is 0.933 bits per heavy atom. The van der Waals surface area contributed by atoms with Crippen molar-refractivity contribution >= 4 is 0 Å². The summed E-state index contributed by atoms with van der Waals surface area (Å²) in [6.45, 7) is 6.76. The molecule has 0 unspecified atom stereocenters. The minimum Gasteiger partial charge on any atom is -0.0561 e. The summed E-state index contributed by atoms with van der Waals surface area (Å²) >= 11 is 0. The normalized spacial score (nSPS) is 18.1. The third kappa shape index (κ3) is 2.25. The second-order valence-electron chi connectivity index (χ2n) is 5.13. The average molecular weight is 202 g/mol. The van der Waals surface area contributed by atoms with Gasteiger partial charge in [-0.05, 0) is 56.2 Å². The maximum Gasteiger partial charge on any atom is -0.0159 e. The zero-order valence-electron chi connectivity index (χ0n) is 10.3. The lowest BCUT2D eigenvalue weighted by atomic mass is 9.81. The van der Waals surface area contributed by atoms with E-state index in [1.54, 1.807) is 5.56 Å². The molecule has 1 aliphatic rings. The van der Waals surface area contributed by atoms with Crippen LogP contribution in [0, 0.1) is 20.8 Å². The lowest BCUT2D eigenvalue weighted by Crippen LogP contribution is -2.07. The van der Waals surface area contributed by atoms with Crippen molar-refractivity contribution in [2.75, 3.05) is 0 Å². The Kier molecular flexibility index (Phi) is 3.14. The van der Waals surface area contributed by atoms with Gasteiger partial charge in [0.05, 0.1) is 0 Å². The molecule has 1 saturated carbocycles. The Hall–Kier alpha value is -0.780. The van der Waals surface area contributed by atoms with Gasteiger partial charge in [-0.1, -0.05) is 37.0 Å². The third-order valence-corrected chi connectivity index (χ3v) is 3.90. The molecular weight excluding hydrogens is 180 g/mol. The summed E-state index contributed by atoms with van der Waals surface area (Å²) < 4.78 is 0. The quantitative estimate of drug-likeness (QED) is 0.621. The fourth-order valence-electron chi connectivity index (χ4n) is 2.91. The molecule has 0 heteroatoms. The molecule has 0 aliphatic heterocycles. The summed E-state index contributed by atoms with van der Waals surface area (Å²) in [5.74, 6) is 0.845. The SMILES string of the molecule is Cc1cc(C)c(C)c(C2CCCCC2)c1. The third-order valence-electron chi connectivity index (χ3n) is 3.90. The van der Waals surface area contributed by atoms with Crippen LogP contribution in [0.25, 0.3) is 0 Å². The van der Waals surface area contributed by atoms with Gasteiger partial charge in [0.15, 0.2) is 0 Å². The van der Waals surface area contributed by atoms with E-state index >= 15 is 0 Å². The topological polar surface area (TPSA) is 0 Å². The van der Waals surface area contributed by atoms with Crippen LogP contribution in [-0.4, -0.2) is 0 Å². The second kappa shape index (κ2) is 4.38. The first-order valence-corrected chi connectivity index (χ1v) is 6.26. The van der Waals surface area contributed by atoms with Gasteiger partial charge < -0.3 is 0 Å². The molecule has 1 aliphatic carbocycles. The molecule has 1 aromatic carbocycles. The molecule has 1 aromatic rings. The van der Waals surface area contributed by atoms with Crippen LogP contribution >= 0.6 is 0 Å². The summed E-state index contributed by atoms with van der Waals surface area (Å²) in [7, 11) is 0. The summed E-state index contributed by atoms with van der Waals surface area (Å²) in [5, 5.41) is 0. The van der Waals surface area contributed by atoms with Crippen molar-refractivity contribution in [3.63, 3.8) is 0 Å². The number of hydrogen-bond donors (Lipinski definition) is 0. The Labute approximate surface area is 93.7 Å². The molecular formula is C15H22. The smallest absolute Gasteiger partial charge is 0.0159 e. The molecule has 0 heterocycles.